The van der Waals surface area contributed by atoms with Gasteiger partial charge in [-0.2, -0.15) is 0 Å². The highest BCUT2D eigenvalue weighted by molar-refractivity contribution is 5.79. The van der Waals surface area contributed by atoms with Gasteiger partial charge in [0.2, 0.25) is 11.8 Å². The van der Waals surface area contributed by atoms with Crippen LogP contribution in [-0.4, -0.2) is 61.1 Å². The standard InChI is InChI=1S/C17H27N3O3/c1-2-7-18-16(21)11-20-13-3-4-15(20)14(10-13)19-17(22)12-5-8-23-9-6-12/h2,12-15H,1,3-11H2,(H,18,21)(H,19,22)/t13-,14+,15+/m1/s1. The Bertz CT molecular complexity index is 462. The minimum atomic E-state index is 0.0400. The van der Waals surface area contributed by atoms with Gasteiger partial charge < -0.3 is 15.4 Å². The van der Waals surface area contributed by atoms with Crippen LogP contribution in [0.25, 0.3) is 0 Å². The zero-order valence-electron chi connectivity index (χ0n) is 13.6. The number of nitrogens with one attached hydrogen (secondary N) is 2. The van der Waals surface area contributed by atoms with Crippen molar-refractivity contribution < 1.29 is 14.3 Å². The zero-order valence-corrected chi connectivity index (χ0v) is 13.6. The Labute approximate surface area is 137 Å². The Kier molecular flexibility index (Phi) is 5.33. The molecular weight excluding hydrogens is 294 g/mol. The van der Waals surface area contributed by atoms with Gasteiger partial charge in [0.15, 0.2) is 0 Å². The fourth-order valence-corrected chi connectivity index (χ4v) is 4.17. The van der Waals surface area contributed by atoms with Crippen LogP contribution in [0, 0.1) is 5.92 Å². The van der Waals surface area contributed by atoms with E-state index in [1.54, 1.807) is 6.08 Å². The summed E-state index contributed by atoms with van der Waals surface area (Å²) in [5, 5.41) is 6.08. The van der Waals surface area contributed by atoms with Crippen LogP contribution in [0.15, 0.2) is 12.7 Å². The number of fused-ring (bicyclic) bond motifs is 2. The summed E-state index contributed by atoms with van der Waals surface area (Å²) >= 11 is 0. The van der Waals surface area contributed by atoms with Gasteiger partial charge in [0.25, 0.3) is 0 Å². The topological polar surface area (TPSA) is 70.7 Å². The second kappa shape index (κ2) is 7.45. The Morgan fingerprint density at radius 2 is 2.00 bits per heavy atom. The van der Waals surface area contributed by atoms with Gasteiger partial charge in [-0.3, -0.25) is 14.5 Å². The van der Waals surface area contributed by atoms with Crippen molar-refractivity contribution in [3.8, 4) is 0 Å². The molecule has 0 radical (unpaired) electrons. The van der Waals surface area contributed by atoms with Crippen LogP contribution in [0.1, 0.15) is 32.1 Å². The van der Waals surface area contributed by atoms with E-state index in [1.165, 1.54) is 0 Å². The summed E-state index contributed by atoms with van der Waals surface area (Å²) < 4.78 is 5.32. The van der Waals surface area contributed by atoms with Gasteiger partial charge in [0, 0.05) is 43.8 Å². The monoisotopic (exact) mass is 321 g/mol. The number of rotatable bonds is 6. The molecule has 0 aromatic rings. The van der Waals surface area contributed by atoms with Gasteiger partial charge in [-0.15, -0.1) is 6.58 Å². The summed E-state index contributed by atoms with van der Waals surface area (Å²) in [6.07, 6.45) is 6.49. The maximum Gasteiger partial charge on any atom is 0.234 e. The second-order valence-electron chi connectivity index (χ2n) is 6.80. The van der Waals surface area contributed by atoms with Crippen LogP contribution in [0.3, 0.4) is 0 Å². The molecule has 3 aliphatic heterocycles. The molecule has 2 N–H and O–H groups in total. The van der Waals surface area contributed by atoms with Gasteiger partial charge in [-0.25, -0.2) is 0 Å². The van der Waals surface area contributed by atoms with Crippen molar-refractivity contribution in [1.29, 1.82) is 0 Å². The highest BCUT2D eigenvalue weighted by atomic mass is 16.5. The third-order valence-electron chi connectivity index (χ3n) is 5.37. The van der Waals surface area contributed by atoms with E-state index in [0.29, 0.717) is 38.4 Å². The third kappa shape index (κ3) is 3.75. The fourth-order valence-electron chi connectivity index (χ4n) is 4.17. The van der Waals surface area contributed by atoms with Crippen molar-refractivity contribution >= 4 is 11.8 Å². The zero-order chi connectivity index (χ0) is 16.2. The van der Waals surface area contributed by atoms with E-state index >= 15 is 0 Å². The molecule has 0 spiro atoms. The minimum absolute atomic E-state index is 0.0400. The van der Waals surface area contributed by atoms with Crippen molar-refractivity contribution in [2.24, 2.45) is 5.92 Å². The van der Waals surface area contributed by atoms with Crippen LogP contribution in [0.5, 0.6) is 0 Å². The first kappa shape index (κ1) is 16.5. The van der Waals surface area contributed by atoms with E-state index in [9.17, 15) is 9.59 Å². The highest BCUT2D eigenvalue weighted by Gasteiger charge is 2.47. The first-order chi connectivity index (χ1) is 11.2. The first-order valence-corrected chi connectivity index (χ1v) is 8.70. The summed E-state index contributed by atoms with van der Waals surface area (Å²) in [4.78, 5) is 26.6. The molecular formula is C17H27N3O3. The lowest BCUT2D eigenvalue weighted by Gasteiger charge is -2.27. The van der Waals surface area contributed by atoms with Gasteiger partial charge >= 0.3 is 0 Å². The van der Waals surface area contributed by atoms with E-state index in [4.69, 9.17) is 4.74 Å². The summed E-state index contributed by atoms with van der Waals surface area (Å²) in [6, 6.07) is 0.920. The molecule has 3 aliphatic rings. The first-order valence-electron chi connectivity index (χ1n) is 8.70. The van der Waals surface area contributed by atoms with Crippen LogP contribution < -0.4 is 10.6 Å². The average molecular weight is 321 g/mol. The number of hydrogen-bond donors (Lipinski definition) is 2. The Hall–Kier alpha value is -1.40. The Morgan fingerprint density at radius 1 is 1.22 bits per heavy atom. The molecule has 128 valence electrons. The average Bonchev–Trinajstić information content (AvgIpc) is 3.10. The van der Waals surface area contributed by atoms with E-state index in [2.05, 4.69) is 22.1 Å². The molecule has 3 saturated heterocycles. The molecule has 0 aromatic heterocycles. The third-order valence-corrected chi connectivity index (χ3v) is 5.37. The molecule has 0 saturated carbocycles. The van der Waals surface area contributed by atoms with Crippen molar-refractivity contribution in [3.63, 3.8) is 0 Å². The van der Waals surface area contributed by atoms with Crippen molar-refractivity contribution in [1.82, 2.24) is 15.5 Å². The van der Waals surface area contributed by atoms with Gasteiger partial charge in [-0.05, 0) is 32.1 Å². The number of nitrogens with zero attached hydrogens (tertiary/aromatic N) is 1. The molecule has 2 amide bonds. The molecule has 0 aromatic carbocycles. The molecule has 3 rings (SSSR count). The lowest BCUT2D eigenvalue weighted by Crippen LogP contribution is -2.48. The second-order valence-corrected chi connectivity index (χ2v) is 6.80. The molecule has 3 heterocycles. The smallest absolute Gasteiger partial charge is 0.234 e. The summed E-state index contributed by atoms with van der Waals surface area (Å²) in [7, 11) is 0. The molecule has 3 atom stereocenters. The Morgan fingerprint density at radius 3 is 2.74 bits per heavy atom. The van der Waals surface area contributed by atoms with Crippen molar-refractivity contribution in [2.75, 3.05) is 26.3 Å². The predicted molar refractivity (Wildman–Crippen MR) is 86.8 cm³/mol. The van der Waals surface area contributed by atoms with Crippen molar-refractivity contribution in [3.05, 3.63) is 12.7 Å². The van der Waals surface area contributed by atoms with E-state index in [0.717, 1.165) is 32.1 Å². The van der Waals surface area contributed by atoms with Crippen LogP contribution in [0.4, 0.5) is 0 Å². The van der Waals surface area contributed by atoms with Crippen LogP contribution in [0.2, 0.25) is 0 Å². The lowest BCUT2D eigenvalue weighted by atomic mass is 9.93. The summed E-state index contributed by atoms with van der Waals surface area (Å²) in [5.41, 5.74) is 0. The molecule has 0 unspecified atom stereocenters. The number of carbonyl (C=O) groups is 2. The van der Waals surface area contributed by atoms with E-state index in [-0.39, 0.29) is 23.8 Å². The van der Waals surface area contributed by atoms with E-state index in [1.807, 2.05) is 0 Å². The summed E-state index contributed by atoms with van der Waals surface area (Å²) in [5.74, 6) is 0.298. The maximum atomic E-state index is 12.4. The maximum absolute atomic E-state index is 12.4. The molecule has 6 nitrogen and oxygen atoms in total. The number of carbonyl (C=O) groups excluding carboxylic acids is 2. The lowest BCUT2D eigenvalue weighted by molar-refractivity contribution is -0.128. The number of hydrogen-bond acceptors (Lipinski definition) is 4. The molecule has 23 heavy (non-hydrogen) atoms. The number of ether oxygens (including phenoxy) is 1. The van der Waals surface area contributed by atoms with Crippen LogP contribution in [-0.2, 0) is 14.3 Å². The van der Waals surface area contributed by atoms with Gasteiger partial charge in [0.05, 0.1) is 6.54 Å². The molecule has 6 heteroatoms. The van der Waals surface area contributed by atoms with Gasteiger partial charge in [-0.1, -0.05) is 6.08 Å². The largest absolute Gasteiger partial charge is 0.381 e. The molecule has 2 bridgehead atoms. The minimum Gasteiger partial charge on any atom is -0.381 e. The van der Waals surface area contributed by atoms with Crippen LogP contribution >= 0.6 is 0 Å². The molecule has 3 fully saturated rings. The predicted octanol–water partition coefficient (Wildman–Crippen LogP) is 0.437. The quantitative estimate of drug-likeness (QED) is 0.696. The van der Waals surface area contributed by atoms with Crippen molar-refractivity contribution in [2.45, 2.75) is 50.2 Å². The SMILES string of the molecule is C=CCNC(=O)CN1[C@@H]2CC[C@H]1[C@@H](NC(=O)C1CCOCC1)C2. The summed E-state index contributed by atoms with van der Waals surface area (Å²) in [6.45, 7) is 5.91. The normalized spacial score (nSPS) is 31.0. The van der Waals surface area contributed by atoms with E-state index < -0.39 is 0 Å². The Balaban J connectivity index is 1.51. The molecule has 0 aliphatic carbocycles. The highest BCUT2D eigenvalue weighted by Crippen LogP contribution is 2.37. The number of amides is 2. The van der Waals surface area contributed by atoms with Gasteiger partial charge in [0.1, 0.15) is 0 Å². The fraction of sp³-hybridized carbons (Fsp3) is 0.765.